The van der Waals surface area contributed by atoms with Gasteiger partial charge in [0.25, 0.3) is 0 Å². The van der Waals surface area contributed by atoms with Crippen LogP contribution in [0, 0.1) is 50.0 Å². The van der Waals surface area contributed by atoms with Crippen molar-refractivity contribution < 1.29 is 105 Å². The van der Waals surface area contributed by atoms with Crippen molar-refractivity contribution in [3.63, 3.8) is 0 Å². The average molecular weight is 2270 g/mol. The number of pyridine rings is 6. The molecule has 0 aliphatic rings. The second kappa shape index (κ2) is 46.2. The summed E-state index contributed by atoms with van der Waals surface area (Å²) in [5.41, 5.74) is 26.1. The van der Waals surface area contributed by atoms with Gasteiger partial charge in [0, 0.05) is 138 Å². The smallest absolute Gasteiger partial charge is 0.123 e. The Balaban J connectivity index is 0.000000206. The molecule has 0 aliphatic carbocycles. The summed E-state index contributed by atoms with van der Waals surface area (Å²) >= 11 is 0. The second-order valence-electron chi connectivity index (χ2n) is 24.2. The molecule has 0 N–H and O–H groups in total. The largest absolute Gasteiger partial charge is 0.305 e. The van der Waals surface area contributed by atoms with E-state index < -0.39 is 0 Å². The molecule has 106 heavy (non-hydrogen) atoms. The summed E-state index contributed by atoms with van der Waals surface area (Å²) in [7, 11) is 0. The van der Waals surface area contributed by atoms with Gasteiger partial charge in [0.2, 0.25) is 0 Å². The Morgan fingerprint density at radius 2 is 0.613 bits per heavy atom. The first-order valence-corrected chi connectivity index (χ1v) is 34.3. The van der Waals surface area contributed by atoms with Crippen LogP contribution in [0.25, 0.3) is 112 Å². The van der Waals surface area contributed by atoms with Crippen LogP contribution in [0.5, 0.6) is 0 Å². The number of aromatic nitrogens is 6. The van der Waals surface area contributed by atoms with Crippen LogP contribution in [0.3, 0.4) is 0 Å². The van der Waals surface area contributed by atoms with Crippen molar-refractivity contribution in [1.29, 1.82) is 0 Å². The maximum Gasteiger partial charge on any atom is 0.123 e. The second-order valence-corrected chi connectivity index (χ2v) is 24.2. The molecular weight excluding hydrogens is 2190 g/mol. The van der Waals surface area contributed by atoms with E-state index in [1.54, 1.807) is 30.9 Å². The first-order chi connectivity index (χ1) is 49.7. The van der Waals surface area contributed by atoms with Gasteiger partial charge in [0.1, 0.15) is 5.82 Å². The summed E-state index contributed by atoms with van der Waals surface area (Å²) in [5, 5.41) is 0. The van der Waals surface area contributed by atoms with Gasteiger partial charge in [-0.05, 0) is 155 Å². The van der Waals surface area contributed by atoms with E-state index in [2.05, 4.69) is 209 Å². The molecule has 0 atom stereocenters. The van der Waals surface area contributed by atoms with E-state index in [4.69, 9.17) is 0 Å². The van der Waals surface area contributed by atoms with E-state index in [0.29, 0.717) is 0 Å². The van der Waals surface area contributed by atoms with Gasteiger partial charge >= 0.3 is 0 Å². The Morgan fingerprint density at radius 3 is 1.01 bits per heavy atom. The topological polar surface area (TPSA) is 77.3 Å². The normalized spacial score (nSPS) is 9.97. The van der Waals surface area contributed by atoms with Crippen LogP contribution < -0.4 is 0 Å². The third-order valence-electron chi connectivity index (χ3n) is 16.6. The first kappa shape index (κ1) is 86.0. The van der Waals surface area contributed by atoms with Crippen LogP contribution in [-0.4, -0.2) is 29.9 Å². The molecule has 5 radical (unpaired) electrons. The standard InChI is InChI=1S/2C22H22N.C17H11FN.C17H12N.C16H11N2.5Ir/c1-3-4-7-18-8-5-9-19(14-18)20-10-6-11-21(15-20)22-13-12-17(2)16-23-22;1-3-4-7-18-8-5-9-19(15-18)20-10-6-11-21(16-20)22-14-17(2)12-13-23-22;18-16-8-4-6-14(12-16)13-5-3-7-15(11-13)17-9-1-2-10-19-17;1-2-7-14(8-3-1)15-9-6-10-16(13-15)17-11-4-5-12-18-17;1-3-10-17-15(8-1)13-6-5-7-14(12-13)16-9-2-4-11-18-16;;;;;/h2*5-6,8-10,12-16H,3-4,7H2,1-2H3;1-6,8-12H;1-9,11-13H;1-6,8-12H;;;;;/q5*-1;;;;;. The fourth-order valence-corrected chi connectivity index (χ4v) is 11.2. The minimum atomic E-state index is -0.232. The number of rotatable bonds is 16. The van der Waals surface area contributed by atoms with Gasteiger partial charge in [0.05, 0.1) is 5.69 Å². The molecule has 6 heterocycles. The summed E-state index contributed by atoms with van der Waals surface area (Å²) in [4.78, 5) is 26.3. The monoisotopic (exact) mass is 2270 g/mol. The van der Waals surface area contributed by atoms with E-state index in [0.717, 1.165) is 91.5 Å². The van der Waals surface area contributed by atoms with Gasteiger partial charge in [-0.15, -0.1) is 171 Å². The van der Waals surface area contributed by atoms with Crippen molar-refractivity contribution in [3.8, 4) is 112 Å². The van der Waals surface area contributed by atoms with Gasteiger partial charge in [-0.25, -0.2) is 4.39 Å². The summed E-state index contributed by atoms with van der Waals surface area (Å²) in [5.74, 6) is -0.232. The number of hydrogen-bond donors (Lipinski definition) is 0. The molecule has 0 saturated heterocycles. The number of aryl methyl sites for hydroxylation is 4. The molecule has 0 bridgehead atoms. The third kappa shape index (κ3) is 26.2. The molecule has 0 saturated carbocycles. The van der Waals surface area contributed by atoms with Gasteiger partial charge < -0.3 is 24.9 Å². The minimum absolute atomic E-state index is 0. The molecule has 0 amide bonds. The maximum atomic E-state index is 13.3. The van der Waals surface area contributed by atoms with Crippen LogP contribution in [0.4, 0.5) is 4.39 Å². The Bertz CT molecular complexity index is 4790. The van der Waals surface area contributed by atoms with Crippen LogP contribution in [0.2, 0.25) is 0 Å². The Kier molecular flexibility index (Phi) is 37.5. The van der Waals surface area contributed by atoms with Crippen LogP contribution in [0.15, 0.2) is 328 Å². The van der Waals surface area contributed by atoms with Crippen LogP contribution >= 0.6 is 0 Å². The van der Waals surface area contributed by atoms with Gasteiger partial charge in [0.15, 0.2) is 0 Å². The molecule has 6 aromatic heterocycles. The molecule has 15 rings (SSSR count). The zero-order valence-electron chi connectivity index (χ0n) is 59.1. The number of nitrogens with zero attached hydrogens (tertiary/aromatic N) is 6. The van der Waals surface area contributed by atoms with Crippen molar-refractivity contribution in [3.05, 3.63) is 387 Å². The number of hydrogen-bond acceptors (Lipinski definition) is 6. The van der Waals surface area contributed by atoms with Crippen molar-refractivity contribution in [2.24, 2.45) is 0 Å². The fourth-order valence-electron chi connectivity index (χ4n) is 11.2. The van der Waals surface area contributed by atoms with Crippen LogP contribution in [-0.2, 0) is 113 Å². The first-order valence-electron chi connectivity index (χ1n) is 34.3. The van der Waals surface area contributed by atoms with E-state index in [1.807, 2.05) is 164 Å². The Morgan fingerprint density at radius 1 is 0.264 bits per heavy atom. The third-order valence-corrected chi connectivity index (χ3v) is 16.6. The number of halogens is 1. The molecule has 0 aliphatic heterocycles. The van der Waals surface area contributed by atoms with Crippen molar-refractivity contribution in [2.45, 2.75) is 66.2 Å². The minimum Gasteiger partial charge on any atom is -0.305 e. The van der Waals surface area contributed by atoms with Gasteiger partial charge in [-0.1, -0.05) is 189 Å². The average Bonchev–Trinajstić information content (AvgIpc) is 0.834. The molecule has 6 nitrogen and oxygen atoms in total. The van der Waals surface area contributed by atoms with Gasteiger partial charge in [-0.3, -0.25) is 4.98 Å². The Hall–Kier alpha value is -8.94. The maximum absolute atomic E-state index is 13.3. The van der Waals surface area contributed by atoms with Crippen molar-refractivity contribution in [1.82, 2.24) is 29.9 Å². The van der Waals surface area contributed by atoms with E-state index in [1.165, 1.54) is 93.5 Å². The SMILES string of the molecule is CCCCc1cccc(-c2cc[c-]c(-c3cc(C)ccn3)c2)c1.CCCCc1cccc(-c2cc[c-]c(-c3ccc(C)cn3)c2)c1.Fc1cccc(-c2cc[c-]c(-c3ccccn3)c2)c1.[Ir].[Ir].[Ir].[Ir].[Ir].[c-]1ccc(-c2ccccc2)cc1-c1ccccn1.[c-]1ccc(-c2ccccn2)cc1-c1ccccn1. The number of unbranched alkanes of at least 4 members (excludes halogenated alkanes) is 2. The summed E-state index contributed by atoms with van der Waals surface area (Å²) in [6.45, 7) is 8.61. The molecular formula is C94H78FIr5N6-5. The molecule has 541 valence electrons. The molecule has 0 fully saturated rings. The summed E-state index contributed by atoms with van der Waals surface area (Å²) in [6, 6.07) is 113. The van der Waals surface area contributed by atoms with Crippen molar-refractivity contribution in [2.75, 3.05) is 0 Å². The van der Waals surface area contributed by atoms with Crippen molar-refractivity contribution >= 4 is 0 Å². The zero-order chi connectivity index (χ0) is 69.6. The predicted octanol–water partition coefficient (Wildman–Crippen LogP) is 23.9. The van der Waals surface area contributed by atoms with E-state index in [9.17, 15) is 4.39 Å². The van der Waals surface area contributed by atoms with E-state index in [-0.39, 0.29) is 106 Å². The molecule has 0 spiro atoms. The summed E-state index contributed by atoms with van der Waals surface area (Å²) < 4.78 is 13.3. The molecule has 9 aromatic carbocycles. The molecule has 0 unspecified atom stereocenters. The quantitative estimate of drug-likeness (QED) is 0.0897. The predicted molar refractivity (Wildman–Crippen MR) is 414 cm³/mol. The van der Waals surface area contributed by atoms with Gasteiger partial charge in [-0.2, -0.15) is 0 Å². The van der Waals surface area contributed by atoms with E-state index >= 15 is 0 Å². The Labute approximate surface area is 693 Å². The molecule has 12 heteroatoms. The zero-order valence-corrected chi connectivity index (χ0v) is 71.1. The fraction of sp³-hybridized carbons (Fsp3) is 0.106. The summed E-state index contributed by atoms with van der Waals surface area (Å²) in [6.07, 6.45) is 18.1. The number of benzene rings is 9. The van der Waals surface area contributed by atoms with Crippen LogP contribution in [0.1, 0.15) is 61.8 Å². The molecule has 15 aromatic rings.